The molecule has 11 atom stereocenters. The molecule has 3 aliphatic rings. The second kappa shape index (κ2) is 37.8. The SMILES string of the molecule is CC(C)C[C@@H]1NC(=O)[C@H](CCCNC(=O)OC(C)(C)C)NC(=O)[C@H](C(C)C)NC(=O)[C@@H]2C[C@@H](N=[N+]=[N-])CN2C(=O)[C@@H](Cc2ccccc2)NC(=O)[C@H](CC(C)C)NC(=O)[C@H](CCCNC(=O)OC(C)(C)C)NC(=O)[C@H](C(C)C)NC(=O)[C@@H]2CCCN2C(=O)[C@@H](Cc2ccccc2)NC1=O. The van der Waals surface area contributed by atoms with Crippen LogP contribution < -0.4 is 53.2 Å². The Morgan fingerprint density at radius 3 is 1.27 bits per heavy atom. The second-order valence-corrected chi connectivity index (χ2v) is 29.4. The van der Waals surface area contributed by atoms with Gasteiger partial charge in [0, 0.05) is 43.9 Å². The zero-order chi connectivity index (χ0) is 73.5. The number of hydrogen-bond donors (Lipinski definition) is 10. The van der Waals surface area contributed by atoms with Crippen LogP contribution in [0.2, 0.25) is 0 Å². The largest absolute Gasteiger partial charge is 0.444 e. The van der Waals surface area contributed by atoms with Crippen LogP contribution in [0.3, 0.4) is 0 Å². The summed E-state index contributed by atoms with van der Waals surface area (Å²) >= 11 is 0. The molecule has 0 spiro atoms. The number of hydrogen-bond acceptors (Lipinski definition) is 15. The van der Waals surface area contributed by atoms with Gasteiger partial charge >= 0.3 is 12.2 Å². The van der Waals surface area contributed by atoms with E-state index < -0.39 is 161 Å². The molecule has 29 nitrogen and oxygen atoms in total. The van der Waals surface area contributed by atoms with E-state index in [0.717, 1.165) is 0 Å². The van der Waals surface area contributed by atoms with E-state index in [1.807, 2.05) is 27.7 Å². The van der Waals surface area contributed by atoms with Crippen molar-refractivity contribution in [3.8, 4) is 0 Å². The summed E-state index contributed by atoms with van der Waals surface area (Å²) in [6.45, 7) is 23.8. The minimum atomic E-state index is -1.44. The molecule has 0 radical (unpaired) electrons. The highest BCUT2D eigenvalue weighted by Gasteiger charge is 2.45. The first-order chi connectivity index (χ1) is 46.5. The molecule has 2 aromatic carbocycles. The first-order valence-corrected chi connectivity index (χ1v) is 34.6. The lowest BCUT2D eigenvalue weighted by molar-refractivity contribution is -0.143. The Labute approximate surface area is 581 Å². The number of azide groups is 1. The summed E-state index contributed by atoms with van der Waals surface area (Å²) < 4.78 is 10.8. The number of nitrogens with one attached hydrogen (secondary N) is 10. The van der Waals surface area contributed by atoms with Crippen molar-refractivity contribution in [3.63, 3.8) is 0 Å². The van der Waals surface area contributed by atoms with Crippen molar-refractivity contribution in [2.75, 3.05) is 26.2 Å². The van der Waals surface area contributed by atoms with E-state index >= 15 is 9.59 Å². The van der Waals surface area contributed by atoms with E-state index in [1.54, 1.807) is 130 Å². The lowest BCUT2D eigenvalue weighted by atomic mass is 9.98. The van der Waals surface area contributed by atoms with Crippen LogP contribution in [0.1, 0.15) is 166 Å². The molecule has 546 valence electrons. The van der Waals surface area contributed by atoms with Gasteiger partial charge < -0.3 is 72.4 Å². The van der Waals surface area contributed by atoms with E-state index in [4.69, 9.17) is 9.47 Å². The number of ether oxygens (including phenoxy) is 2. The van der Waals surface area contributed by atoms with E-state index in [0.29, 0.717) is 17.5 Å². The molecule has 0 aromatic heterocycles. The van der Waals surface area contributed by atoms with Crippen LogP contribution in [0.4, 0.5) is 9.59 Å². The number of rotatable bonds is 19. The second-order valence-electron chi connectivity index (χ2n) is 29.4. The molecule has 0 saturated carbocycles. The van der Waals surface area contributed by atoms with Crippen LogP contribution in [0.5, 0.6) is 0 Å². The smallest absolute Gasteiger partial charge is 0.407 e. The number of nitrogens with zero attached hydrogens (tertiary/aromatic N) is 5. The highest BCUT2D eigenvalue weighted by Crippen LogP contribution is 2.26. The van der Waals surface area contributed by atoms with Crippen molar-refractivity contribution in [1.29, 1.82) is 0 Å². The Balaban J connectivity index is 1.65. The lowest BCUT2D eigenvalue weighted by Crippen LogP contribution is -2.62. The van der Waals surface area contributed by atoms with Crippen molar-refractivity contribution in [2.24, 2.45) is 28.8 Å². The minimum Gasteiger partial charge on any atom is -0.444 e. The fourth-order valence-corrected chi connectivity index (χ4v) is 12.0. The fraction of sp³-hybridized carbons (Fsp3) is 0.657. The highest BCUT2D eigenvalue weighted by atomic mass is 16.6. The van der Waals surface area contributed by atoms with Crippen LogP contribution in [-0.4, -0.2) is 185 Å². The van der Waals surface area contributed by atoms with Gasteiger partial charge in [0.1, 0.15) is 71.6 Å². The predicted molar refractivity (Wildman–Crippen MR) is 369 cm³/mol. The number of amides is 12. The first kappa shape index (κ1) is 80.7. The Bertz CT molecular complexity index is 3170. The minimum absolute atomic E-state index is 0.0117. The summed E-state index contributed by atoms with van der Waals surface area (Å²) in [6, 6.07) is 3.02. The van der Waals surface area contributed by atoms with Crippen molar-refractivity contribution in [2.45, 2.75) is 245 Å². The average Bonchev–Trinajstić information content (AvgIpc) is 1.79. The molecule has 3 saturated heterocycles. The summed E-state index contributed by atoms with van der Waals surface area (Å²) in [7, 11) is 0. The maximum Gasteiger partial charge on any atom is 0.407 e. The topological polar surface area (TPSA) is 399 Å². The summed E-state index contributed by atoms with van der Waals surface area (Å²) in [6.07, 6.45) is -1.32. The van der Waals surface area contributed by atoms with Crippen molar-refractivity contribution in [1.82, 2.24) is 63.0 Å². The average molecular weight is 1380 g/mol. The maximum atomic E-state index is 15.4. The molecule has 3 fully saturated rings. The Kier molecular flexibility index (Phi) is 30.8. The third-order valence-electron chi connectivity index (χ3n) is 16.8. The van der Waals surface area contributed by atoms with Crippen LogP contribution in [-0.2, 0) is 70.3 Å². The van der Waals surface area contributed by atoms with E-state index in [-0.39, 0.29) is 102 Å². The van der Waals surface area contributed by atoms with Crippen LogP contribution in [0.25, 0.3) is 10.4 Å². The van der Waals surface area contributed by atoms with Gasteiger partial charge in [-0.3, -0.25) is 47.9 Å². The number of fused-ring (bicyclic) bond motifs is 2. The molecule has 29 heteroatoms. The number of alkyl carbamates (subject to hydrolysis) is 2. The zero-order valence-corrected chi connectivity index (χ0v) is 60.0. The van der Waals surface area contributed by atoms with Crippen LogP contribution in [0.15, 0.2) is 65.8 Å². The Hall–Kier alpha value is -9.01. The monoisotopic (exact) mass is 1380 g/mol. The van der Waals surface area contributed by atoms with Crippen molar-refractivity contribution < 1.29 is 67.0 Å². The quantitative estimate of drug-likeness (QED) is 0.0396. The molecule has 10 N–H and O–H groups in total. The Morgan fingerprint density at radius 2 is 0.889 bits per heavy atom. The van der Waals surface area contributed by atoms with Gasteiger partial charge in [-0.25, -0.2) is 9.59 Å². The lowest BCUT2D eigenvalue weighted by Gasteiger charge is -2.33. The number of carbonyl (C=O) groups is 12. The third-order valence-corrected chi connectivity index (χ3v) is 16.8. The van der Waals surface area contributed by atoms with Crippen molar-refractivity contribution >= 4 is 71.3 Å². The molecule has 99 heavy (non-hydrogen) atoms. The van der Waals surface area contributed by atoms with Gasteiger partial charge in [0.2, 0.25) is 59.1 Å². The van der Waals surface area contributed by atoms with Crippen LogP contribution in [0, 0.1) is 23.7 Å². The molecule has 2 aromatic rings. The van der Waals surface area contributed by atoms with Gasteiger partial charge in [-0.1, -0.05) is 121 Å². The standard InChI is InChI=1S/C70H107N15O14/c1-40(2)34-49-59(88)78-51(36-44-24-17-15-18-25-44)65(94)84-33-23-30-53(84)61(90)80-55(42(5)6)63(92)74-47(28-21-31-72-67(96)98-69(9,10)11)57(86)77-50(35-41(3)4)60(89)79-52(37-45-26-19-16-20-27-45)66(95)85-39-46(82-83-71)38-54(85)62(91)81-56(43(7)8)64(93)75-48(58(87)76-49)29-22-32-73-68(97)99-70(12,13)14/h15-20,24-27,40-43,46-56H,21-23,28-39H2,1-14H3,(H,72,96)(H,73,97)(H,74,92)(H,75,93)(H,76,87)(H,77,86)(H,78,88)(H,79,89)(H,80,90)(H,81,91)/t46-,47+,48+,49+,50+,51-,52-,53+,54+,55+,56+/m1/s1. The van der Waals surface area contributed by atoms with Gasteiger partial charge in [0.15, 0.2) is 0 Å². The predicted octanol–water partition coefficient (Wildman–Crippen LogP) is 4.65. The first-order valence-electron chi connectivity index (χ1n) is 34.6. The maximum absolute atomic E-state index is 15.4. The van der Waals surface area contributed by atoms with E-state index in [2.05, 4.69) is 63.2 Å². The Morgan fingerprint density at radius 1 is 0.515 bits per heavy atom. The molecule has 0 bridgehead atoms. The summed E-state index contributed by atoms with van der Waals surface area (Å²) in [4.78, 5) is 181. The van der Waals surface area contributed by atoms with Gasteiger partial charge in [0.05, 0.1) is 6.04 Å². The normalized spacial score (nSPS) is 24.8. The van der Waals surface area contributed by atoms with Gasteiger partial charge in [0.25, 0.3) is 0 Å². The molecular weight excluding hydrogens is 1270 g/mol. The summed E-state index contributed by atoms with van der Waals surface area (Å²) in [5.41, 5.74) is 9.27. The summed E-state index contributed by atoms with van der Waals surface area (Å²) in [5.74, 6) is -9.60. The molecule has 0 unspecified atom stereocenters. The molecule has 5 rings (SSSR count). The van der Waals surface area contributed by atoms with Gasteiger partial charge in [-0.05, 0) is 140 Å². The van der Waals surface area contributed by atoms with E-state index in [1.165, 1.54) is 9.80 Å². The van der Waals surface area contributed by atoms with Gasteiger partial charge in [-0.15, -0.1) is 0 Å². The molecular formula is C70H107N15O14. The van der Waals surface area contributed by atoms with Crippen LogP contribution >= 0.6 is 0 Å². The fourth-order valence-electron chi connectivity index (χ4n) is 12.0. The number of carbonyl (C=O) groups excluding carboxylic acids is 12. The molecule has 12 amide bonds. The highest BCUT2D eigenvalue weighted by molar-refractivity contribution is 6.00. The van der Waals surface area contributed by atoms with E-state index in [9.17, 15) is 53.5 Å². The van der Waals surface area contributed by atoms with Gasteiger partial charge in [-0.2, -0.15) is 0 Å². The third kappa shape index (κ3) is 26.3. The molecule has 3 aliphatic heterocycles. The number of benzene rings is 2. The molecule has 3 heterocycles. The molecule has 0 aliphatic carbocycles. The van der Waals surface area contributed by atoms with Crippen molar-refractivity contribution in [3.05, 3.63) is 82.2 Å². The summed E-state index contributed by atoms with van der Waals surface area (Å²) in [5, 5.41) is 31.8. The zero-order valence-electron chi connectivity index (χ0n) is 60.0.